The van der Waals surface area contributed by atoms with Crippen LogP contribution in [-0.4, -0.2) is 7.05 Å². The van der Waals surface area contributed by atoms with Gasteiger partial charge in [-0.3, -0.25) is 0 Å². The minimum atomic E-state index is 1.10. The largest absolute Gasteiger partial charge is 0.333 e. The molecule has 1 aliphatic rings. The normalized spacial score (nSPS) is 14.2. The Morgan fingerprint density at radius 2 is 1.22 bits per heavy atom. The topological polar surface area (TPSA) is 26.0 Å². The van der Waals surface area contributed by atoms with Gasteiger partial charge in [0, 0.05) is 0 Å². The van der Waals surface area contributed by atoms with Crippen LogP contribution >= 0.6 is 0 Å². The minimum Gasteiger partial charge on any atom is -0.333 e. The second-order valence-electron chi connectivity index (χ2n) is 4.65. The van der Waals surface area contributed by atoms with Gasteiger partial charge < -0.3 is 5.73 Å². The standard InChI is InChI=1S/C9H18.C5H12.C2H6.CH5N/c1-2-6-9-7-4-3-5-8-9;1-3-5-4-2;2*1-2/h9H,2-8H2,1H3;3-5H2,1-2H3;1-2H3;2H2,1H3. The lowest BCUT2D eigenvalue weighted by Gasteiger charge is -2.20. The first-order valence-electron chi connectivity index (χ1n) is 8.42. The number of hydrogen-bond acceptors (Lipinski definition) is 1. The van der Waals surface area contributed by atoms with Crippen molar-refractivity contribution in [2.75, 3.05) is 7.05 Å². The highest BCUT2D eigenvalue weighted by atomic mass is 14.4. The van der Waals surface area contributed by atoms with E-state index < -0.39 is 0 Å². The molecule has 114 valence electrons. The van der Waals surface area contributed by atoms with Gasteiger partial charge in [0.15, 0.2) is 0 Å². The van der Waals surface area contributed by atoms with E-state index in [1.807, 2.05) is 13.8 Å². The number of hydrogen-bond donors (Lipinski definition) is 1. The Hall–Kier alpha value is -0.0400. The average molecular weight is 260 g/mol. The fourth-order valence-corrected chi connectivity index (χ4v) is 2.24. The van der Waals surface area contributed by atoms with Gasteiger partial charge in [0.2, 0.25) is 0 Å². The molecule has 0 radical (unpaired) electrons. The first kappa shape index (κ1) is 23.1. The van der Waals surface area contributed by atoms with E-state index in [1.54, 1.807) is 0 Å². The summed E-state index contributed by atoms with van der Waals surface area (Å²) in [6.07, 6.45) is 14.5. The molecule has 0 aromatic carbocycles. The van der Waals surface area contributed by atoms with E-state index in [-0.39, 0.29) is 0 Å². The fourth-order valence-electron chi connectivity index (χ4n) is 2.24. The first-order chi connectivity index (χ1) is 8.85. The van der Waals surface area contributed by atoms with E-state index in [0.717, 1.165) is 5.92 Å². The zero-order valence-corrected chi connectivity index (χ0v) is 14.2. The third-order valence-corrected chi connectivity index (χ3v) is 3.13. The van der Waals surface area contributed by atoms with Crippen LogP contribution in [0.15, 0.2) is 0 Å². The maximum Gasteiger partial charge on any atom is -0.0195 e. The molecule has 1 aliphatic carbocycles. The molecule has 0 aromatic rings. The van der Waals surface area contributed by atoms with Crippen molar-refractivity contribution in [2.24, 2.45) is 11.7 Å². The van der Waals surface area contributed by atoms with Gasteiger partial charge in [-0.05, 0) is 13.0 Å². The molecular weight excluding hydrogens is 218 g/mol. The van der Waals surface area contributed by atoms with Gasteiger partial charge in [0.1, 0.15) is 0 Å². The summed E-state index contributed by atoms with van der Waals surface area (Å²) in [7, 11) is 1.50. The summed E-state index contributed by atoms with van der Waals surface area (Å²) < 4.78 is 0. The first-order valence-corrected chi connectivity index (χ1v) is 8.42. The predicted octanol–water partition coefficient (Wildman–Crippen LogP) is 6.16. The van der Waals surface area contributed by atoms with Crippen molar-refractivity contribution in [3.05, 3.63) is 0 Å². The van der Waals surface area contributed by atoms with E-state index in [2.05, 4.69) is 26.5 Å². The highest BCUT2D eigenvalue weighted by molar-refractivity contribution is 4.64. The van der Waals surface area contributed by atoms with Crippen LogP contribution in [0.1, 0.15) is 98.8 Å². The monoisotopic (exact) mass is 259 g/mol. The summed E-state index contributed by atoms with van der Waals surface area (Å²) in [6.45, 7) is 10.7. The Bertz CT molecular complexity index is 91.0. The van der Waals surface area contributed by atoms with Crippen LogP contribution in [-0.2, 0) is 0 Å². The molecule has 0 unspecified atom stereocenters. The van der Waals surface area contributed by atoms with Crippen LogP contribution in [0, 0.1) is 5.92 Å². The van der Waals surface area contributed by atoms with Crippen LogP contribution in [0.25, 0.3) is 0 Å². The summed E-state index contributed by atoms with van der Waals surface area (Å²) in [6, 6.07) is 0. The van der Waals surface area contributed by atoms with Crippen LogP contribution in [0.4, 0.5) is 0 Å². The van der Waals surface area contributed by atoms with Crippen LogP contribution in [0.2, 0.25) is 0 Å². The van der Waals surface area contributed by atoms with Crippen molar-refractivity contribution < 1.29 is 0 Å². The van der Waals surface area contributed by atoms with Crippen molar-refractivity contribution in [1.29, 1.82) is 0 Å². The Kier molecular flexibility index (Phi) is 33.0. The van der Waals surface area contributed by atoms with Gasteiger partial charge in [-0.15, -0.1) is 0 Å². The quantitative estimate of drug-likeness (QED) is 0.642. The molecule has 2 N–H and O–H groups in total. The highest BCUT2D eigenvalue weighted by Gasteiger charge is 2.10. The van der Waals surface area contributed by atoms with Gasteiger partial charge in [0.05, 0.1) is 0 Å². The SMILES string of the molecule is CC.CCCC1CCCCC1.CCCCC.CN. The fraction of sp³-hybridized carbons (Fsp3) is 1.00. The predicted molar refractivity (Wildman–Crippen MR) is 88.1 cm³/mol. The Labute approximate surface area is 118 Å². The molecule has 18 heavy (non-hydrogen) atoms. The summed E-state index contributed by atoms with van der Waals surface area (Å²) >= 11 is 0. The molecule has 1 heteroatoms. The second kappa shape index (κ2) is 25.7. The summed E-state index contributed by atoms with van der Waals surface area (Å²) in [5.74, 6) is 1.10. The lowest BCUT2D eigenvalue weighted by atomic mass is 9.86. The van der Waals surface area contributed by atoms with Gasteiger partial charge in [-0.1, -0.05) is 98.8 Å². The van der Waals surface area contributed by atoms with E-state index in [9.17, 15) is 0 Å². The zero-order chi connectivity index (χ0) is 14.6. The molecule has 0 spiro atoms. The molecule has 1 fully saturated rings. The zero-order valence-electron chi connectivity index (χ0n) is 14.2. The van der Waals surface area contributed by atoms with Crippen molar-refractivity contribution >= 4 is 0 Å². The molecule has 0 saturated heterocycles. The van der Waals surface area contributed by atoms with E-state index >= 15 is 0 Å². The summed E-state index contributed by atoms with van der Waals surface area (Å²) in [5.41, 5.74) is 4.50. The number of nitrogens with two attached hydrogens (primary N) is 1. The smallest absolute Gasteiger partial charge is 0.0195 e. The van der Waals surface area contributed by atoms with E-state index in [0.29, 0.717) is 0 Å². The molecule has 0 aromatic heterocycles. The number of rotatable bonds is 4. The molecular formula is C17H41N. The molecule has 0 aliphatic heterocycles. The van der Waals surface area contributed by atoms with Gasteiger partial charge in [0.25, 0.3) is 0 Å². The highest BCUT2D eigenvalue weighted by Crippen LogP contribution is 2.26. The maximum atomic E-state index is 4.50. The van der Waals surface area contributed by atoms with Crippen molar-refractivity contribution in [1.82, 2.24) is 0 Å². The molecule has 0 heterocycles. The van der Waals surface area contributed by atoms with E-state index in [4.69, 9.17) is 0 Å². The average Bonchev–Trinajstić information content (AvgIpc) is 2.46. The van der Waals surface area contributed by atoms with E-state index in [1.165, 1.54) is 71.3 Å². The van der Waals surface area contributed by atoms with Gasteiger partial charge >= 0.3 is 0 Å². The molecule has 1 saturated carbocycles. The lowest BCUT2D eigenvalue weighted by molar-refractivity contribution is 0.336. The Morgan fingerprint density at radius 3 is 1.50 bits per heavy atom. The van der Waals surface area contributed by atoms with Crippen LogP contribution < -0.4 is 5.73 Å². The van der Waals surface area contributed by atoms with Crippen molar-refractivity contribution in [2.45, 2.75) is 98.8 Å². The molecule has 1 rings (SSSR count). The number of unbranched alkanes of at least 4 members (excludes halogenated alkanes) is 2. The molecule has 0 atom stereocenters. The minimum absolute atomic E-state index is 1.10. The second-order valence-corrected chi connectivity index (χ2v) is 4.65. The van der Waals surface area contributed by atoms with Crippen LogP contribution in [0.3, 0.4) is 0 Å². The third kappa shape index (κ3) is 21.3. The Balaban J connectivity index is -0.000000215. The van der Waals surface area contributed by atoms with Gasteiger partial charge in [-0.25, -0.2) is 0 Å². The lowest BCUT2D eigenvalue weighted by Crippen LogP contribution is -2.04. The maximum absolute atomic E-state index is 4.50. The molecule has 1 nitrogen and oxygen atoms in total. The Morgan fingerprint density at radius 1 is 0.778 bits per heavy atom. The third-order valence-electron chi connectivity index (χ3n) is 3.13. The van der Waals surface area contributed by atoms with Crippen molar-refractivity contribution in [3.63, 3.8) is 0 Å². The van der Waals surface area contributed by atoms with Gasteiger partial charge in [-0.2, -0.15) is 0 Å². The van der Waals surface area contributed by atoms with Crippen LogP contribution in [0.5, 0.6) is 0 Å². The molecule has 0 bridgehead atoms. The summed E-state index contributed by atoms with van der Waals surface area (Å²) in [4.78, 5) is 0. The molecule has 0 amide bonds. The van der Waals surface area contributed by atoms with Crippen molar-refractivity contribution in [3.8, 4) is 0 Å². The summed E-state index contributed by atoms with van der Waals surface area (Å²) in [5, 5.41) is 0.